The average Bonchev–Trinajstić information content (AvgIpc) is 3.16. The molecular weight excluding hydrogens is 288 g/mol. The molecular formula is C15H28N2O3S. The van der Waals surface area contributed by atoms with Crippen molar-refractivity contribution in [3.05, 3.63) is 0 Å². The molecule has 21 heavy (non-hydrogen) atoms. The summed E-state index contributed by atoms with van der Waals surface area (Å²) < 4.78 is 11.4. The van der Waals surface area contributed by atoms with Crippen LogP contribution >= 0.6 is 11.8 Å². The van der Waals surface area contributed by atoms with Gasteiger partial charge in [-0.05, 0) is 44.1 Å². The first-order valence-electron chi connectivity index (χ1n) is 7.97. The minimum atomic E-state index is -0.403. The van der Waals surface area contributed by atoms with E-state index in [-0.39, 0.29) is 18.1 Å². The highest BCUT2D eigenvalue weighted by Crippen LogP contribution is 2.18. The summed E-state index contributed by atoms with van der Waals surface area (Å²) in [5.74, 6) is 0.968. The van der Waals surface area contributed by atoms with E-state index in [0.29, 0.717) is 13.1 Å². The molecule has 2 rings (SSSR count). The normalized spacial score (nSPS) is 27.0. The Morgan fingerprint density at radius 1 is 1.24 bits per heavy atom. The molecule has 0 aliphatic carbocycles. The van der Waals surface area contributed by atoms with Gasteiger partial charge in [0.05, 0.1) is 18.2 Å². The van der Waals surface area contributed by atoms with Crippen molar-refractivity contribution < 1.29 is 14.3 Å². The molecule has 2 unspecified atom stereocenters. The summed E-state index contributed by atoms with van der Waals surface area (Å²) in [6.07, 6.45) is 7.36. The zero-order valence-corrected chi connectivity index (χ0v) is 13.8. The third kappa shape index (κ3) is 5.43. The van der Waals surface area contributed by atoms with Crippen molar-refractivity contribution in [3.8, 4) is 0 Å². The van der Waals surface area contributed by atoms with E-state index in [9.17, 15) is 4.79 Å². The SMILES string of the molecule is CSCC[C@H](N)C(=O)N(CC1CCCO1)CC1CCCO1. The van der Waals surface area contributed by atoms with Crippen molar-refractivity contribution in [2.75, 3.05) is 38.3 Å². The van der Waals surface area contributed by atoms with Gasteiger partial charge in [0.25, 0.3) is 0 Å². The van der Waals surface area contributed by atoms with Gasteiger partial charge in [-0.15, -0.1) is 0 Å². The largest absolute Gasteiger partial charge is 0.376 e. The van der Waals surface area contributed by atoms with Gasteiger partial charge in [-0.25, -0.2) is 0 Å². The average molecular weight is 316 g/mol. The number of carbonyl (C=O) groups is 1. The summed E-state index contributed by atoms with van der Waals surface area (Å²) in [4.78, 5) is 14.5. The summed E-state index contributed by atoms with van der Waals surface area (Å²) in [7, 11) is 0. The Kier molecular flexibility index (Phi) is 7.29. The second kappa shape index (κ2) is 8.98. The number of nitrogens with zero attached hydrogens (tertiary/aromatic N) is 1. The highest BCUT2D eigenvalue weighted by Gasteiger charge is 2.29. The Hall–Kier alpha value is -0.300. The third-order valence-corrected chi connectivity index (χ3v) is 4.80. The van der Waals surface area contributed by atoms with Crippen LogP contribution < -0.4 is 5.73 Å². The molecule has 6 heteroatoms. The molecule has 3 atom stereocenters. The number of amides is 1. The van der Waals surface area contributed by atoms with Crippen molar-refractivity contribution in [3.63, 3.8) is 0 Å². The fraction of sp³-hybridized carbons (Fsp3) is 0.933. The lowest BCUT2D eigenvalue weighted by Crippen LogP contribution is -2.49. The van der Waals surface area contributed by atoms with E-state index >= 15 is 0 Å². The second-order valence-corrected chi connectivity index (χ2v) is 6.89. The minimum absolute atomic E-state index is 0.0510. The van der Waals surface area contributed by atoms with E-state index in [0.717, 1.165) is 51.1 Å². The topological polar surface area (TPSA) is 64.8 Å². The van der Waals surface area contributed by atoms with Gasteiger partial charge < -0.3 is 20.1 Å². The Morgan fingerprint density at radius 2 is 1.81 bits per heavy atom. The molecule has 0 aromatic carbocycles. The molecule has 2 aliphatic rings. The predicted octanol–water partition coefficient (Wildman–Crippen LogP) is 1.25. The minimum Gasteiger partial charge on any atom is -0.376 e. The first-order chi connectivity index (χ1) is 10.2. The molecule has 2 aliphatic heterocycles. The van der Waals surface area contributed by atoms with Gasteiger partial charge in [-0.3, -0.25) is 4.79 Å². The van der Waals surface area contributed by atoms with Crippen molar-refractivity contribution >= 4 is 17.7 Å². The van der Waals surface area contributed by atoms with Crippen LogP contribution in [-0.2, 0) is 14.3 Å². The molecule has 2 heterocycles. The van der Waals surface area contributed by atoms with E-state index in [1.54, 1.807) is 11.8 Å². The maximum atomic E-state index is 12.6. The number of hydrogen-bond donors (Lipinski definition) is 1. The molecule has 0 aromatic heterocycles. The fourth-order valence-corrected chi connectivity index (χ4v) is 3.42. The summed E-state index contributed by atoms with van der Waals surface area (Å²) in [6, 6.07) is -0.403. The Labute approximate surface area is 131 Å². The Morgan fingerprint density at radius 3 is 2.24 bits per heavy atom. The number of thioether (sulfide) groups is 1. The number of ether oxygens (including phenoxy) is 2. The standard InChI is InChI=1S/C15H28N2O3S/c1-21-9-6-14(16)15(18)17(10-12-4-2-7-19-12)11-13-5-3-8-20-13/h12-14H,2-11,16H2,1H3/t12?,13?,14-/m0/s1. The van der Waals surface area contributed by atoms with Crippen LogP contribution in [0.4, 0.5) is 0 Å². The molecule has 1 amide bonds. The van der Waals surface area contributed by atoms with E-state index in [2.05, 4.69) is 0 Å². The quantitative estimate of drug-likeness (QED) is 0.730. The smallest absolute Gasteiger partial charge is 0.239 e. The van der Waals surface area contributed by atoms with Crippen LogP contribution in [-0.4, -0.2) is 67.4 Å². The van der Waals surface area contributed by atoms with Crippen LogP contribution in [0.5, 0.6) is 0 Å². The maximum Gasteiger partial charge on any atom is 0.239 e. The van der Waals surface area contributed by atoms with Crippen LogP contribution in [0.25, 0.3) is 0 Å². The molecule has 122 valence electrons. The number of carbonyl (C=O) groups excluding carboxylic acids is 1. The first kappa shape index (κ1) is 17.1. The zero-order chi connectivity index (χ0) is 15.1. The molecule has 0 aromatic rings. The maximum absolute atomic E-state index is 12.6. The van der Waals surface area contributed by atoms with Gasteiger partial charge in [0, 0.05) is 26.3 Å². The van der Waals surface area contributed by atoms with Gasteiger partial charge >= 0.3 is 0 Å². The number of hydrogen-bond acceptors (Lipinski definition) is 5. The molecule has 2 fully saturated rings. The second-order valence-electron chi connectivity index (χ2n) is 5.90. The highest BCUT2D eigenvalue weighted by atomic mass is 32.2. The van der Waals surface area contributed by atoms with Crippen LogP contribution in [0.1, 0.15) is 32.1 Å². The summed E-state index contributed by atoms with van der Waals surface area (Å²) >= 11 is 1.72. The van der Waals surface area contributed by atoms with Crippen molar-refractivity contribution in [1.82, 2.24) is 4.90 Å². The molecule has 0 bridgehead atoms. The van der Waals surface area contributed by atoms with Gasteiger partial charge in [-0.2, -0.15) is 11.8 Å². The van der Waals surface area contributed by atoms with Gasteiger partial charge in [0.2, 0.25) is 5.91 Å². The lowest BCUT2D eigenvalue weighted by atomic mass is 10.1. The van der Waals surface area contributed by atoms with Crippen LogP contribution in [0, 0.1) is 0 Å². The van der Waals surface area contributed by atoms with Gasteiger partial charge in [0.1, 0.15) is 0 Å². The van der Waals surface area contributed by atoms with E-state index in [4.69, 9.17) is 15.2 Å². The lowest BCUT2D eigenvalue weighted by molar-refractivity contribution is -0.135. The zero-order valence-electron chi connectivity index (χ0n) is 13.0. The highest BCUT2D eigenvalue weighted by molar-refractivity contribution is 7.98. The fourth-order valence-electron chi connectivity index (χ4n) is 2.93. The van der Waals surface area contributed by atoms with E-state index < -0.39 is 6.04 Å². The Bertz CT molecular complexity index is 300. The molecule has 0 spiro atoms. The van der Waals surface area contributed by atoms with Crippen molar-refractivity contribution in [2.24, 2.45) is 5.73 Å². The Balaban J connectivity index is 1.90. The third-order valence-electron chi connectivity index (χ3n) is 4.16. The number of rotatable bonds is 8. The molecule has 0 saturated carbocycles. The van der Waals surface area contributed by atoms with Gasteiger partial charge in [0.15, 0.2) is 0 Å². The molecule has 2 N–H and O–H groups in total. The number of nitrogens with two attached hydrogens (primary N) is 1. The van der Waals surface area contributed by atoms with Gasteiger partial charge in [-0.1, -0.05) is 0 Å². The molecule has 2 saturated heterocycles. The van der Waals surface area contributed by atoms with Crippen LogP contribution in [0.2, 0.25) is 0 Å². The summed E-state index contributed by atoms with van der Waals surface area (Å²) in [5, 5.41) is 0. The van der Waals surface area contributed by atoms with Crippen LogP contribution in [0.3, 0.4) is 0 Å². The first-order valence-corrected chi connectivity index (χ1v) is 9.36. The lowest BCUT2D eigenvalue weighted by Gasteiger charge is -2.30. The van der Waals surface area contributed by atoms with Crippen molar-refractivity contribution in [1.29, 1.82) is 0 Å². The molecule has 0 radical (unpaired) electrons. The predicted molar refractivity (Wildman–Crippen MR) is 85.5 cm³/mol. The van der Waals surface area contributed by atoms with E-state index in [1.165, 1.54) is 0 Å². The summed E-state index contributed by atoms with van der Waals surface area (Å²) in [6.45, 7) is 2.94. The monoisotopic (exact) mass is 316 g/mol. The summed E-state index contributed by atoms with van der Waals surface area (Å²) in [5.41, 5.74) is 6.07. The van der Waals surface area contributed by atoms with Crippen LogP contribution in [0.15, 0.2) is 0 Å². The van der Waals surface area contributed by atoms with Crippen molar-refractivity contribution in [2.45, 2.75) is 50.4 Å². The van der Waals surface area contributed by atoms with E-state index in [1.807, 2.05) is 11.2 Å². The molecule has 5 nitrogen and oxygen atoms in total.